The predicted molar refractivity (Wildman–Crippen MR) is 102 cm³/mol. The van der Waals surface area contributed by atoms with Gasteiger partial charge in [0.15, 0.2) is 11.5 Å². The lowest BCUT2D eigenvalue weighted by molar-refractivity contribution is -0.118. The Morgan fingerprint density at radius 1 is 1.24 bits per heavy atom. The van der Waals surface area contributed by atoms with Crippen LogP contribution in [0.4, 0.5) is 11.4 Å². The minimum atomic E-state index is -4.65. The number of benzene rings is 2. The third-order valence-corrected chi connectivity index (χ3v) is 4.88. The first kappa shape index (κ1) is 20.4. The Kier molecular flexibility index (Phi) is 5.33. The van der Waals surface area contributed by atoms with E-state index in [0.29, 0.717) is 5.69 Å². The average molecular weight is 438 g/mol. The topological polar surface area (TPSA) is 175 Å². The number of carbonyl (C=O) groups is 2. The summed E-state index contributed by atoms with van der Waals surface area (Å²) >= 11 is 5.73. The number of hydrazone groups is 1. The number of carbonyl (C=O) groups excluding carboxylic acids is 2. The molecule has 1 aliphatic rings. The van der Waals surface area contributed by atoms with Crippen LogP contribution < -0.4 is 10.7 Å². The van der Waals surface area contributed by atoms with Crippen LogP contribution in [0.1, 0.15) is 0 Å². The number of azo groups is 1. The molecule has 1 atom stereocenters. The monoisotopic (exact) mass is 437 g/mol. The van der Waals surface area contributed by atoms with Crippen molar-refractivity contribution in [2.45, 2.75) is 10.9 Å². The molecule has 1 unspecified atom stereocenters. The van der Waals surface area contributed by atoms with Crippen molar-refractivity contribution in [1.82, 2.24) is 0 Å². The number of hydrogen-bond acceptors (Lipinski definition) is 8. The highest BCUT2D eigenvalue weighted by molar-refractivity contribution is 7.85. The van der Waals surface area contributed by atoms with Gasteiger partial charge in [-0.2, -0.15) is 28.8 Å². The van der Waals surface area contributed by atoms with Crippen LogP contribution in [0.15, 0.2) is 62.7 Å². The highest BCUT2D eigenvalue weighted by Crippen LogP contribution is 2.37. The number of amides is 2. The largest absolute Gasteiger partial charge is 0.504 e. The number of aromatic hydroxyl groups is 1. The maximum Gasteiger partial charge on any atom is 0.294 e. The Morgan fingerprint density at radius 2 is 1.90 bits per heavy atom. The molecule has 1 aliphatic heterocycles. The van der Waals surface area contributed by atoms with Crippen LogP contribution in [-0.2, 0) is 19.7 Å². The molecule has 0 aromatic heterocycles. The van der Waals surface area contributed by atoms with E-state index in [1.165, 1.54) is 0 Å². The molecule has 0 aliphatic carbocycles. The van der Waals surface area contributed by atoms with Crippen molar-refractivity contribution in [3.05, 3.63) is 47.5 Å². The van der Waals surface area contributed by atoms with Gasteiger partial charge in [-0.05, 0) is 24.3 Å². The van der Waals surface area contributed by atoms with Crippen molar-refractivity contribution in [3.63, 3.8) is 0 Å². The highest BCUT2D eigenvalue weighted by atomic mass is 35.5. The van der Waals surface area contributed by atoms with Gasteiger partial charge in [-0.3, -0.25) is 14.1 Å². The molecule has 2 aromatic carbocycles. The molecule has 11 nitrogen and oxygen atoms in total. The number of hydrogen-bond donors (Lipinski definition) is 3. The van der Waals surface area contributed by atoms with Crippen molar-refractivity contribution in [2.24, 2.45) is 21.1 Å². The number of phenols is 1. The van der Waals surface area contributed by atoms with E-state index in [1.807, 2.05) is 0 Å². The van der Waals surface area contributed by atoms with Gasteiger partial charge in [-0.1, -0.05) is 29.8 Å². The van der Waals surface area contributed by atoms with Crippen molar-refractivity contribution >= 4 is 50.6 Å². The van der Waals surface area contributed by atoms with E-state index >= 15 is 0 Å². The lowest BCUT2D eigenvalue weighted by atomic mass is 10.2. The lowest BCUT2D eigenvalue weighted by Crippen LogP contribution is -2.35. The second kappa shape index (κ2) is 7.58. The SMILES string of the molecule is NC(=O)C1=NN(c2ccccc2)C(=O)C1N=Nc1cc(S(=O)(=O)O)cc(Cl)c1O. The molecule has 1 heterocycles. The van der Waals surface area contributed by atoms with Crippen LogP contribution >= 0.6 is 11.6 Å². The minimum Gasteiger partial charge on any atom is -0.504 e. The number of nitrogens with zero attached hydrogens (tertiary/aromatic N) is 4. The molecule has 13 heteroatoms. The molecular weight excluding hydrogens is 426 g/mol. The second-order valence-electron chi connectivity index (χ2n) is 5.70. The molecule has 3 rings (SSSR count). The van der Waals surface area contributed by atoms with Crippen LogP contribution in [0.3, 0.4) is 0 Å². The van der Waals surface area contributed by atoms with E-state index < -0.39 is 55.0 Å². The zero-order chi connectivity index (χ0) is 21.3. The average Bonchev–Trinajstić information content (AvgIpc) is 2.99. The number of nitrogens with two attached hydrogens (primary N) is 1. The first-order chi connectivity index (χ1) is 13.6. The molecule has 0 spiro atoms. The number of phenolic OH excluding ortho intramolecular Hbond substituents is 1. The summed E-state index contributed by atoms with van der Waals surface area (Å²) in [5.41, 5.74) is 4.75. The molecule has 0 saturated heterocycles. The van der Waals surface area contributed by atoms with Crippen LogP contribution in [0.2, 0.25) is 5.02 Å². The number of primary amides is 1. The van der Waals surface area contributed by atoms with Crippen molar-refractivity contribution in [3.8, 4) is 5.75 Å². The summed E-state index contributed by atoms with van der Waals surface area (Å²) in [6.45, 7) is 0. The van der Waals surface area contributed by atoms with Crippen molar-refractivity contribution in [2.75, 3.05) is 5.01 Å². The van der Waals surface area contributed by atoms with Gasteiger partial charge in [-0.25, -0.2) is 0 Å². The Bertz CT molecular complexity index is 1170. The van der Waals surface area contributed by atoms with E-state index in [2.05, 4.69) is 15.3 Å². The number of anilines is 1. The summed E-state index contributed by atoms with van der Waals surface area (Å²) in [4.78, 5) is 23.7. The smallest absolute Gasteiger partial charge is 0.294 e. The predicted octanol–water partition coefficient (Wildman–Crippen LogP) is 1.63. The summed E-state index contributed by atoms with van der Waals surface area (Å²) in [6, 6.07) is 8.22. The molecule has 4 N–H and O–H groups in total. The molecule has 150 valence electrons. The van der Waals surface area contributed by atoms with Gasteiger partial charge in [0, 0.05) is 0 Å². The molecule has 0 fully saturated rings. The van der Waals surface area contributed by atoms with Crippen molar-refractivity contribution < 1.29 is 27.7 Å². The third-order valence-electron chi connectivity index (χ3n) is 3.76. The van der Waals surface area contributed by atoms with Gasteiger partial charge in [-0.15, -0.1) is 0 Å². The van der Waals surface area contributed by atoms with Gasteiger partial charge in [0.1, 0.15) is 5.69 Å². The van der Waals surface area contributed by atoms with Gasteiger partial charge >= 0.3 is 0 Å². The van der Waals surface area contributed by atoms with Crippen LogP contribution in [-0.4, -0.2) is 41.6 Å². The second-order valence-corrected chi connectivity index (χ2v) is 7.53. The Labute approximate surface area is 168 Å². The summed E-state index contributed by atoms with van der Waals surface area (Å²) < 4.78 is 31.8. The zero-order valence-corrected chi connectivity index (χ0v) is 15.9. The molecule has 2 aromatic rings. The van der Waals surface area contributed by atoms with Gasteiger partial charge in [0.25, 0.3) is 21.9 Å². The molecule has 29 heavy (non-hydrogen) atoms. The van der Waals surface area contributed by atoms with Crippen LogP contribution in [0.25, 0.3) is 0 Å². The van der Waals surface area contributed by atoms with E-state index in [-0.39, 0.29) is 0 Å². The Morgan fingerprint density at radius 3 is 2.48 bits per heavy atom. The normalized spacial score (nSPS) is 17.0. The number of rotatable bonds is 5. The lowest BCUT2D eigenvalue weighted by Gasteiger charge is -2.11. The van der Waals surface area contributed by atoms with Gasteiger partial charge in [0.2, 0.25) is 6.04 Å². The standard InChI is InChI=1S/C16H12ClN5O6S/c17-10-6-9(29(26,27)28)7-11(14(10)23)19-20-13-12(15(18)24)21-22(16(13)25)8-4-2-1-3-5-8/h1-7,13,23H,(H2,18,24)(H,26,27,28). The van der Waals surface area contributed by atoms with E-state index in [1.54, 1.807) is 30.3 Å². The highest BCUT2D eigenvalue weighted by Gasteiger charge is 2.40. The number of para-hydroxylation sites is 1. The molecule has 2 amide bonds. The fourth-order valence-electron chi connectivity index (χ4n) is 2.39. The fourth-order valence-corrected chi connectivity index (χ4v) is 3.20. The molecule has 0 radical (unpaired) electrons. The summed E-state index contributed by atoms with van der Waals surface area (Å²) in [5, 5.41) is 21.6. The first-order valence-corrected chi connectivity index (χ1v) is 9.59. The van der Waals surface area contributed by atoms with Crippen LogP contribution in [0, 0.1) is 0 Å². The zero-order valence-electron chi connectivity index (χ0n) is 14.3. The maximum absolute atomic E-state index is 12.6. The molecule has 0 bridgehead atoms. The summed E-state index contributed by atoms with van der Waals surface area (Å²) in [5.74, 6) is -2.41. The fraction of sp³-hybridized carbons (Fsp3) is 0.0625. The molecular formula is C16H12ClN5O6S. The maximum atomic E-state index is 12.6. The van der Waals surface area contributed by atoms with E-state index in [9.17, 15) is 23.1 Å². The van der Waals surface area contributed by atoms with Gasteiger partial charge < -0.3 is 10.8 Å². The Hall–Kier alpha value is -3.35. The summed E-state index contributed by atoms with van der Waals surface area (Å²) in [6.07, 6.45) is 0. The van der Waals surface area contributed by atoms with Crippen LogP contribution in [0.5, 0.6) is 5.75 Å². The Balaban J connectivity index is 2.00. The number of halogens is 1. The third kappa shape index (κ3) is 4.08. The van der Waals surface area contributed by atoms with Gasteiger partial charge in [0.05, 0.1) is 15.6 Å². The summed E-state index contributed by atoms with van der Waals surface area (Å²) in [7, 11) is -4.65. The first-order valence-electron chi connectivity index (χ1n) is 7.77. The van der Waals surface area contributed by atoms with Crippen molar-refractivity contribution in [1.29, 1.82) is 0 Å². The molecule has 0 saturated carbocycles. The quantitative estimate of drug-likeness (QED) is 0.473. The van der Waals surface area contributed by atoms with E-state index in [4.69, 9.17) is 21.9 Å². The minimum absolute atomic E-state index is 0.355. The van der Waals surface area contributed by atoms with E-state index in [0.717, 1.165) is 17.1 Å².